The number of nitrogens with zero attached hydrogens (tertiary/aromatic N) is 2. The van der Waals surface area contributed by atoms with Gasteiger partial charge in [-0.2, -0.15) is 0 Å². The van der Waals surface area contributed by atoms with Crippen LogP contribution in [-0.4, -0.2) is 126 Å². The average Bonchev–Trinajstić information content (AvgIpc) is 3.50. The van der Waals surface area contributed by atoms with Crippen LogP contribution in [0.5, 0.6) is 0 Å². The Morgan fingerprint density at radius 3 is 2.39 bits per heavy atom. The van der Waals surface area contributed by atoms with Gasteiger partial charge in [0.15, 0.2) is 6.29 Å². The third kappa shape index (κ3) is 10.5. The van der Waals surface area contributed by atoms with Crippen molar-refractivity contribution in [3.05, 3.63) is 16.1 Å². The van der Waals surface area contributed by atoms with E-state index in [0.717, 1.165) is 9.88 Å². The highest BCUT2D eigenvalue weighted by molar-refractivity contribution is 7.11. The second-order valence-electron chi connectivity index (χ2n) is 14.9. The first kappa shape index (κ1) is 43.2. The molecule has 1 aromatic rings. The molecule has 3 heterocycles. The van der Waals surface area contributed by atoms with Crippen molar-refractivity contribution in [1.29, 1.82) is 0 Å². The van der Waals surface area contributed by atoms with Crippen molar-refractivity contribution in [2.24, 2.45) is 17.8 Å². The molecule has 3 rings (SSSR count). The van der Waals surface area contributed by atoms with Crippen LogP contribution >= 0.6 is 11.3 Å². The minimum absolute atomic E-state index is 0.144. The lowest BCUT2D eigenvalue weighted by molar-refractivity contribution is -0.301. The molecular formula is C36H61N3O11S. The number of thiazole rings is 1. The number of carbonyl (C=O) groups excluding carboxylic acids is 3. The van der Waals surface area contributed by atoms with Crippen LogP contribution in [0.2, 0.25) is 0 Å². The number of alkyl carbamates (subject to hydrolysis) is 1. The van der Waals surface area contributed by atoms with Gasteiger partial charge in [0.05, 0.1) is 41.4 Å². The van der Waals surface area contributed by atoms with Crippen LogP contribution in [0.25, 0.3) is 0 Å². The van der Waals surface area contributed by atoms with Crippen molar-refractivity contribution in [2.45, 2.75) is 148 Å². The first-order valence-corrected chi connectivity index (χ1v) is 18.7. The molecule has 13 atom stereocenters. The number of rotatable bonds is 9. The van der Waals surface area contributed by atoms with E-state index in [-0.39, 0.29) is 43.7 Å². The zero-order valence-electron chi connectivity index (χ0n) is 32.3. The maximum Gasteiger partial charge on any atom is 0.407 e. The van der Waals surface area contributed by atoms with Gasteiger partial charge in [0.2, 0.25) is 0 Å². The first-order chi connectivity index (χ1) is 23.8. The minimum Gasteiger partial charge on any atom is -0.459 e. The summed E-state index contributed by atoms with van der Waals surface area (Å²) in [5, 5.41) is 26.8. The van der Waals surface area contributed by atoms with E-state index in [1.807, 2.05) is 32.8 Å². The number of nitrogens with one attached hydrogen (secondary N) is 1. The molecule has 0 spiro atoms. The van der Waals surface area contributed by atoms with Crippen molar-refractivity contribution in [1.82, 2.24) is 15.2 Å². The Hall–Kier alpha value is -2.24. The van der Waals surface area contributed by atoms with Crippen LogP contribution in [0.1, 0.15) is 84.0 Å². The number of aryl methyl sites for hydroxylation is 1. The van der Waals surface area contributed by atoms with E-state index >= 15 is 0 Å². The zero-order chi connectivity index (χ0) is 38.4. The fourth-order valence-corrected chi connectivity index (χ4v) is 8.16. The number of aliphatic hydroxyl groups is 2. The molecule has 0 aliphatic carbocycles. The Bertz CT molecular complexity index is 1310. The maximum atomic E-state index is 14.0. The van der Waals surface area contributed by atoms with Gasteiger partial charge in [0.1, 0.15) is 29.7 Å². The van der Waals surface area contributed by atoms with E-state index in [1.54, 1.807) is 40.8 Å². The lowest BCUT2D eigenvalue weighted by Crippen LogP contribution is -2.60. The topological polar surface area (TPSA) is 175 Å². The molecule has 0 saturated carbocycles. The molecule has 51 heavy (non-hydrogen) atoms. The van der Waals surface area contributed by atoms with Crippen molar-refractivity contribution in [3.63, 3.8) is 0 Å². The highest BCUT2D eigenvalue weighted by atomic mass is 32.1. The molecule has 0 unspecified atom stereocenters. The van der Waals surface area contributed by atoms with Gasteiger partial charge in [-0.25, -0.2) is 9.78 Å². The number of carbonyl (C=O) groups is 3. The molecule has 0 aromatic carbocycles. The SMILES string of the molecule is CC[C@H]1OC(=O)[C@H](C)[C@@H](OC(=O)NCc2cnc(C)s2)[C@H](C)[C@@H](O[C@@H]2O[C@H](C)C[C@H](N(C)C)[C@H]2O)[C@](C)(OC)C[C@@H](C)C(=O)C[C@@H](OC)[C@]1(C)O. The van der Waals surface area contributed by atoms with Gasteiger partial charge in [0, 0.05) is 49.6 Å². The van der Waals surface area contributed by atoms with Crippen molar-refractivity contribution < 1.29 is 53.0 Å². The van der Waals surface area contributed by atoms with Gasteiger partial charge in [-0.15, -0.1) is 11.3 Å². The number of aromatic nitrogens is 1. The molecule has 0 radical (unpaired) electrons. The summed E-state index contributed by atoms with van der Waals surface area (Å²) in [5.74, 6) is -3.41. The molecular weight excluding hydrogens is 682 g/mol. The van der Waals surface area contributed by atoms with E-state index in [4.69, 9.17) is 28.4 Å². The molecule has 292 valence electrons. The van der Waals surface area contributed by atoms with Crippen LogP contribution in [0, 0.1) is 24.7 Å². The Morgan fingerprint density at radius 1 is 1.18 bits per heavy atom. The van der Waals surface area contributed by atoms with Crippen LogP contribution in [-0.2, 0) is 44.6 Å². The Balaban J connectivity index is 2.14. The summed E-state index contributed by atoms with van der Waals surface area (Å²) in [6.07, 6.45) is -4.96. The van der Waals surface area contributed by atoms with Crippen LogP contribution in [0.4, 0.5) is 4.79 Å². The molecule has 14 nitrogen and oxygen atoms in total. The van der Waals surface area contributed by atoms with E-state index in [9.17, 15) is 24.6 Å². The van der Waals surface area contributed by atoms with Gasteiger partial charge < -0.3 is 48.9 Å². The molecule has 1 aromatic heterocycles. The number of cyclic esters (lactones) is 1. The normalized spacial score (nSPS) is 38.9. The molecule has 0 bridgehead atoms. The smallest absolute Gasteiger partial charge is 0.407 e. The summed E-state index contributed by atoms with van der Waals surface area (Å²) in [5.41, 5.74) is -2.97. The molecule has 15 heteroatoms. The number of hydrogen-bond acceptors (Lipinski definition) is 14. The van der Waals surface area contributed by atoms with Crippen LogP contribution in [0.3, 0.4) is 0 Å². The number of ketones is 1. The Morgan fingerprint density at radius 2 is 1.84 bits per heavy atom. The molecule has 1 amide bonds. The van der Waals surface area contributed by atoms with Crippen LogP contribution in [0.15, 0.2) is 6.20 Å². The van der Waals surface area contributed by atoms with Crippen molar-refractivity contribution in [2.75, 3.05) is 28.3 Å². The number of ether oxygens (including phenoxy) is 6. The zero-order valence-corrected chi connectivity index (χ0v) is 33.2. The minimum atomic E-state index is -1.73. The summed E-state index contributed by atoms with van der Waals surface area (Å²) in [6.45, 7) is 14.1. The van der Waals surface area contributed by atoms with Gasteiger partial charge >= 0.3 is 12.1 Å². The van der Waals surface area contributed by atoms with Crippen LogP contribution < -0.4 is 5.32 Å². The van der Waals surface area contributed by atoms with E-state index < -0.39 is 77.8 Å². The maximum absolute atomic E-state index is 14.0. The summed E-state index contributed by atoms with van der Waals surface area (Å²) in [7, 11) is 6.64. The number of hydrogen-bond donors (Lipinski definition) is 3. The van der Waals surface area contributed by atoms with Gasteiger partial charge in [-0.1, -0.05) is 20.8 Å². The molecule has 2 aliphatic heterocycles. The number of aliphatic hydroxyl groups excluding tert-OH is 1. The number of methoxy groups -OCH3 is 2. The van der Waals surface area contributed by atoms with Crippen molar-refractivity contribution >= 4 is 29.2 Å². The van der Waals surface area contributed by atoms with E-state index in [1.165, 1.54) is 32.5 Å². The quantitative estimate of drug-likeness (QED) is 0.313. The Kier molecular flexibility index (Phi) is 15.4. The molecule has 2 saturated heterocycles. The highest BCUT2D eigenvalue weighted by Gasteiger charge is 2.52. The summed E-state index contributed by atoms with van der Waals surface area (Å²) in [6, 6.07) is -0.284. The summed E-state index contributed by atoms with van der Waals surface area (Å²) < 4.78 is 36.8. The second-order valence-corrected chi connectivity index (χ2v) is 16.2. The van der Waals surface area contributed by atoms with E-state index in [2.05, 4.69) is 10.3 Å². The first-order valence-electron chi connectivity index (χ1n) is 17.8. The largest absolute Gasteiger partial charge is 0.459 e. The standard InChI is InChI=1S/C36H61N3O11S/c1-13-27-36(8,44)28(45-11)15-26(40)19(2)16-35(7,46-12)31(50-33-29(41)25(39(9)10)14-20(3)47-33)21(4)30(22(5)32(42)48-27)49-34(43)38-18-24-17-37-23(6)51-24/h17,19-22,25,27-31,33,41,44H,13-16,18H2,1-12H3,(H,38,43)/t19-,20-,21+,22-,25+,27-,28-,29-,30+,31-,33+,35-,36-/m1/s1. The molecule has 3 N–H and O–H groups in total. The Labute approximate surface area is 306 Å². The number of esters is 1. The number of amides is 1. The lowest BCUT2D eigenvalue weighted by atomic mass is 9.76. The summed E-state index contributed by atoms with van der Waals surface area (Å²) in [4.78, 5) is 48.2. The van der Waals surface area contributed by atoms with Gasteiger partial charge in [-0.3, -0.25) is 9.59 Å². The predicted molar refractivity (Wildman–Crippen MR) is 190 cm³/mol. The average molecular weight is 744 g/mol. The lowest BCUT2D eigenvalue weighted by Gasteiger charge is -2.48. The second kappa shape index (κ2) is 18.2. The van der Waals surface area contributed by atoms with E-state index in [0.29, 0.717) is 6.42 Å². The van der Waals surface area contributed by atoms with Gasteiger partial charge in [0.25, 0.3) is 0 Å². The third-order valence-corrected chi connectivity index (χ3v) is 11.6. The molecule has 2 fully saturated rings. The molecule has 2 aliphatic rings. The van der Waals surface area contributed by atoms with Gasteiger partial charge in [-0.05, 0) is 68.0 Å². The number of likely N-dealkylation sites (N-methyl/N-ethyl adjacent to an activating group) is 1. The monoisotopic (exact) mass is 743 g/mol. The highest BCUT2D eigenvalue weighted by Crippen LogP contribution is 2.39. The fourth-order valence-electron chi connectivity index (χ4n) is 7.43. The summed E-state index contributed by atoms with van der Waals surface area (Å²) >= 11 is 1.43. The van der Waals surface area contributed by atoms with Crippen molar-refractivity contribution in [3.8, 4) is 0 Å². The third-order valence-electron chi connectivity index (χ3n) is 10.7. The fraction of sp³-hybridized carbons (Fsp3) is 0.833. The predicted octanol–water partition coefficient (Wildman–Crippen LogP) is 3.62. The number of Topliss-reactive ketones (excluding diaryl/α,β-unsaturated/α-hetero) is 1.